The Morgan fingerprint density at radius 2 is 1.22 bits per heavy atom. The zero-order chi connectivity index (χ0) is 48.3. The van der Waals surface area contributed by atoms with Gasteiger partial charge in [-0.3, -0.25) is 28.8 Å². The van der Waals surface area contributed by atoms with Crippen molar-refractivity contribution in [2.24, 2.45) is 0 Å². The van der Waals surface area contributed by atoms with Gasteiger partial charge in [-0.2, -0.15) is 0 Å². The van der Waals surface area contributed by atoms with E-state index < -0.39 is 47.1 Å². The number of aryl methyl sites for hydroxylation is 2. The number of aromatic amines is 1. The van der Waals surface area contributed by atoms with E-state index in [0.717, 1.165) is 58.1 Å². The zero-order valence-corrected chi connectivity index (χ0v) is 40.2. The van der Waals surface area contributed by atoms with Crippen molar-refractivity contribution in [3.05, 3.63) is 125 Å². The van der Waals surface area contributed by atoms with Crippen LogP contribution in [-0.2, 0) is 57.5 Å². The van der Waals surface area contributed by atoms with E-state index in [1.165, 1.54) is 5.56 Å². The van der Waals surface area contributed by atoms with Crippen LogP contribution in [0.15, 0.2) is 97.1 Å². The van der Waals surface area contributed by atoms with Crippen molar-refractivity contribution in [1.29, 1.82) is 0 Å². The van der Waals surface area contributed by atoms with Gasteiger partial charge < -0.3 is 29.6 Å². The normalized spacial score (nSPS) is 18.0. The molecule has 4 aromatic carbocycles. The lowest BCUT2D eigenvalue weighted by atomic mass is 9.93. The number of rotatable bonds is 13. The van der Waals surface area contributed by atoms with Gasteiger partial charge in [-0.15, -0.1) is 0 Å². The Balaban J connectivity index is 0.958. The Bertz CT molecular complexity index is 2700. The first-order valence-corrected chi connectivity index (χ1v) is 24.2. The quantitative estimate of drug-likeness (QED) is 0.111. The van der Waals surface area contributed by atoms with Crippen LogP contribution in [0.4, 0.5) is 5.69 Å². The molecule has 2 saturated heterocycles. The number of likely N-dealkylation sites (tertiary alicyclic amines) is 2. The van der Waals surface area contributed by atoms with Gasteiger partial charge in [0.2, 0.25) is 17.7 Å². The molecule has 3 heterocycles. The van der Waals surface area contributed by atoms with E-state index in [-0.39, 0.29) is 42.8 Å². The van der Waals surface area contributed by atoms with Gasteiger partial charge in [-0.05, 0) is 139 Å². The highest BCUT2D eigenvalue weighted by atomic mass is 16.6. The van der Waals surface area contributed by atoms with Crippen molar-refractivity contribution >= 4 is 52.0 Å². The second-order valence-corrected chi connectivity index (χ2v) is 20.6. The standard InChI is InChI=1S/C56H64N4O8/c1-55(2,3)67-49(62)33-42(36-16-9-7-10-17-36)53(65)59-28-14-22-46(59)48(61)31-35-24-27-45-44(30-35)41-21-13-20-38-32-39(25-26-40(38)51(41)58-45)57-52(64)47-23-15-29-60(47)54(66)43(37-18-11-8-12-19-37)34-50(63)68-56(4,5)6/h7-12,16-19,24-27,30,32,42-43,46-47,58H,13-15,20-23,28-29,31,33-34H2,1-6H3,(H,57,64)/t42-,43-,46+,47+/m1/s1. The number of anilines is 1. The summed E-state index contributed by atoms with van der Waals surface area (Å²) in [5.41, 5.74) is 6.87. The lowest BCUT2D eigenvalue weighted by Crippen LogP contribution is -2.45. The summed E-state index contributed by atoms with van der Waals surface area (Å²) in [7, 11) is 0. The number of esters is 2. The number of hydrogen-bond acceptors (Lipinski definition) is 8. The summed E-state index contributed by atoms with van der Waals surface area (Å²) in [6.45, 7) is 11.7. The fourth-order valence-electron chi connectivity index (χ4n) is 10.3. The minimum absolute atomic E-state index is 0.0252. The molecular formula is C56H64N4O8. The van der Waals surface area contributed by atoms with Crippen LogP contribution in [0, 0.1) is 0 Å². The number of carbonyl (C=O) groups is 6. The molecule has 8 rings (SSSR count). The van der Waals surface area contributed by atoms with Gasteiger partial charge in [0.1, 0.15) is 17.2 Å². The number of Topliss-reactive ketones (excluding diaryl/α,β-unsaturated/α-hetero) is 1. The summed E-state index contributed by atoms with van der Waals surface area (Å²) >= 11 is 0. The number of benzene rings is 4. The molecule has 2 N–H and O–H groups in total. The number of H-pyrrole nitrogens is 1. The molecule has 3 aliphatic rings. The van der Waals surface area contributed by atoms with E-state index in [9.17, 15) is 28.8 Å². The van der Waals surface area contributed by atoms with Gasteiger partial charge in [-0.1, -0.05) is 72.8 Å². The average molecular weight is 921 g/mol. The van der Waals surface area contributed by atoms with Gasteiger partial charge >= 0.3 is 11.9 Å². The van der Waals surface area contributed by atoms with Crippen LogP contribution in [-0.4, -0.2) is 86.6 Å². The molecule has 0 saturated carbocycles. The Labute approximate surface area is 399 Å². The third kappa shape index (κ3) is 11.1. The minimum Gasteiger partial charge on any atom is -0.460 e. The number of amides is 3. The van der Waals surface area contributed by atoms with Crippen molar-refractivity contribution in [3.8, 4) is 11.3 Å². The van der Waals surface area contributed by atoms with Crippen LogP contribution in [0.2, 0.25) is 0 Å². The van der Waals surface area contributed by atoms with E-state index in [1.807, 2.05) is 91.0 Å². The number of hydrogen-bond donors (Lipinski definition) is 2. The number of ether oxygens (including phenoxy) is 2. The fourth-order valence-corrected chi connectivity index (χ4v) is 10.3. The van der Waals surface area contributed by atoms with Crippen molar-refractivity contribution in [3.63, 3.8) is 0 Å². The second kappa shape index (κ2) is 20.0. The molecule has 5 aromatic rings. The number of nitrogens with one attached hydrogen (secondary N) is 2. The molecule has 3 amide bonds. The minimum atomic E-state index is -0.779. The van der Waals surface area contributed by atoms with E-state index in [0.29, 0.717) is 50.0 Å². The molecule has 0 unspecified atom stereocenters. The topological polar surface area (TPSA) is 155 Å². The van der Waals surface area contributed by atoms with Gasteiger partial charge in [0.05, 0.1) is 30.7 Å². The first-order valence-electron chi connectivity index (χ1n) is 24.2. The van der Waals surface area contributed by atoms with Gasteiger partial charge in [-0.25, -0.2) is 0 Å². The second-order valence-electron chi connectivity index (χ2n) is 20.6. The molecule has 2 aliphatic heterocycles. The van der Waals surface area contributed by atoms with Crippen LogP contribution in [0.25, 0.3) is 22.2 Å². The summed E-state index contributed by atoms with van der Waals surface area (Å²) in [6, 6.07) is 29.3. The third-order valence-corrected chi connectivity index (χ3v) is 13.2. The van der Waals surface area contributed by atoms with Gasteiger partial charge in [0, 0.05) is 47.4 Å². The molecule has 0 spiro atoms. The van der Waals surface area contributed by atoms with E-state index in [1.54, 1.807) is 51.3 Å². The van der Waals surface area contributed by atoms with E-state index in [4.69, 9.17) is 9.47 Å². The first-order chi connectivity index (χ1) is 32.4. The fraction of sp³-hybridized carbons (Fsp3) is 0.429. The van der Waals surface area contributed by atoms with Crippen molar-refractivity contribution in [2.45, 2.75) is 141 Å². The van der Waals surface area contributed by atoms with E-state index in [2.05, 4.69) is 16.4 Å². The number of aromatic nitrogens is 1. The highest BCUT2D eigenvalue weighted by Gasteiger charge is 2.41. The molecule has 12 nitrogen and oxygen atoms in total. The molecular weight excluding hydrogens is 857 g/mol. The van der Waals surface area contributed by atoms with Crippen LogP contribution < -0.4 is 5.32 Å². The average Bonchev–Trinajstić information content (AvgIpc) is 4.04. The molecule has 1 aliphatic carbocycles. The summed E-state index contributed by atoms with van der Waals surface area (Å²) in [4.78, 5) is 89.6. The smallest absolute Gasteiger partial charge is 0.307 e. The van der Waals surface area contributed by atoms with Crippen molar-refractivity contribution in [1.82, 2.24) is 14.8 Å². The summed E-state index contributed by atoms with van der Waals surface area (Å²) in [5.74, 6) is -3.24. The molecule has 1 aromatic heterocycles. The Kier molecular flexibility index (Phi) is 14.1. The molecule has 0 bridgehead atoms. The molecule has 4 atom stereocenters. The van der Waals surface area contributed by atoms with Crippen LogP contribution in [0.1, 0.15) is 126 Å². The summed E-state index contributed by atoms with van der Waals surface area (Å²) < 4.78 is 11.2. The maximum atomic E-state index is 14.3. The number of ketones is 1. The first kappa shape index (κ1) is 47.9. The van der Waals surface area contributed by atoms with Crippen LogP contribution in [0.3, 0.4) is 0 Å². The maximum Gasteiger partial charge on any atom is 0.307 e. The SMILES string of the molecule is CC(C)(C)OC(=O)C[C@@H](C(=O)N1CCC[C@H]1C(=O)Cc1ccc2[nH]c3c(c2c1)CCCc1cc(NC(=O)[C@@H]2CCCN2C(=O)[C@H](CC(=O)OC(C)(C)C)c2ccccc2)ccc1-3)c1ccccc1. The Morgan fingerprint density at radius 1 is 0.662 bits per heavy atom. The van der Waals surface area contributed by atoms with Gasteiger partial charge in [0.25, 0.3) is 0 Å². The van der Waals surface area contributed by atoms with Crippen molar-refractivity contribution < 1.29 is 38.2 Å². The zero-order valence-electron chi connectivity index (χ0n) is 40.2. The molecule has 0 radical (unpaired) electrons. The summed E-state index contributed by atoms with van der Waals surface area (Å²) in [6.07, 6.45) is 4.90. The Morgan fingerprint density at radius 3 is 1.79 bits per heavy atom. The maximum absolute atomic E-state index is 14.3. The molecule has 356 valence electrons. The summed E-state index contributed by atoms with van der Waals surface area (Å²) in [5, 5.41) is 4.18. The molecule has 12 heteroatoms. The number of fused-ring (bicyclic) bond motifs is 5. The number of carbonyl (C=O) groups excluding carboxylic acids is 6. The molecule has 68 heavy (non-hydrogen) atoms. The predicted octanol–water partition coefficient (Wildman–Crippen LogP) is 9.39. The Hall–Kier alpha value is -6.56. The highest BCUT2D eigenvalue weighted by molar-refractivity contribution is 6.00. The van der Waals surface area contributed by atoms with Gasteiger partial charge in [0.15, 0.2) is 5.78 Å². The number of nitrogens with zero attached hydrogens (tertiary/aromatic N) is 2. The van der Waals surface area contributed by atoms with E-state index >= 15 is 0 Å². The predicted molar refractivity (Wildman–Crippen MR) is 262 cm³/mol. The van der Waals surface area contributed by atoms with Crippen LogP contribution >= 0.6 is 0 Å². The lowest BCUT2D eigenvalue weighted by Gasteiger charge is -2.29. The van der Waals surface area contributed by atoms with Crippen molar-refractivity contribution in [2.75, 3.05) is 18.4 Å². The third-order valence-electron chi connectivity index (χ3n) is 13.2. The monoisotopic (exact) mass is 920 g/mol. The lowest BCUT2D eigenvalue weighted by molar-refractivity contribution is -0.158. The molecule has 2 fully saturated rings. The highest BCUT2D eigenvalue weighted by Crippen LogP contribution is 2.39. The largest absolute Gasteiger partial charge is 0.460 e. The van der Waals surface area contributed by atoms with Crippen LogP contribution in [0.5, 0.6) is 0 Å².